The topological polar surface area (TPSA) is 50.9 Å². The molecule has 0 bridgehead atoms. The summed E-state index contributed by atoms with van der Waals surface area (Å²) in [5.74, 6) is 0. The number of aryl methyl sites for hydroxylation is 2. The molecule has 0 aliphatic heterocycles. The van der Waals surface area contributed by atoms with Gasteiger partial charge in [0, 0.05) is 39.5 Å². The predicted octanol–water partition coefficient (Wildman–Crippen LogP) is 4.11. The zero-order valence-electron chi connectivity index (χ0n) is 11.6. The van der Waals surface area contributed by atoms with Crippen LogP contribution in [0.5, 0.6) is 0 Å². The molecule has 0 spiro atoms. The fraction of sp³-hybridized carbons (Fsp3) is 0.188. The van der Waals surface area contributed by atoms with Crippen molar-refractivity contribution in [1.29, 1.82) is 0 Å². The third-order valence-electron chi connectivity index (χ3n) is 3.53. The highest BCUT2D eigenvalue weighted by Crippen LogP contribution is 2.29. The molecule has 0 saturated heterocycles. The maximum absolute atomic E-state index is 6.23. The number of nitrogens with two attached hydrogens (primary N) is 1. The quantitative estimate of drug-likeness (QED) is 0.711. The molecule has 20 heavy (non-hydrogen) atoms. The lowest BCUT2D eigenvalue weighted by molar-refractivity contribution is 1.19. The van der Waals surface area contributed by atoms with Crippen LogP contribution >= 0.6 is 11.3 Å². The third kappa shape index (κ3) is 2.34. The minimum atomic E-state index is 0.787. The van der Waals surface area contributed by atoms with Gasteiger partial charge in [-0.2, -0.15) is 0 Å². The molecule has 0 radical (unpaired) electrons. The number of nitrogen functional groups attached to an aromatic ring is 1. The van der Waals surface area contributed by atoms with E-state index in [1.165, 1.54) is 15.3 Å². The number of aromatic nitrogens is 1. The second-order valence-electron chi connectivity index (χ2n) is 4.93. The van der Waals surface area contributed by atoms with Gasteiger partial charge in [0.05, 0.1) is 11.4 Å². The first-order valence-electron chi connectivity index (χ1n) is 6.57. The van der Waals surface area contributed by atoms with Gasteiger partial charge in [-0.15, -0.1) is 11.3 Å². The number of rotatable bonds is 3. The highest BCUT2D eigenvalue weighted by molar-refractivity contribution is 7.12. The van der Waals surface area contributed by atoms with E-state index >= 15 is 0 Å². The Kier molecular flexibility index (Phi) is 3.32. The van der Waals surface area contributed by atoms with Crippen LogP contribution in [0.3, 0.4) is 0 Å². The molecule has 3 N–H and O–H groups in total. The molecule has 0 unspecified atom stereocenters. The fourth-order valence-corrected chi connectivity index (χ4v) is 3.26. The number of fused-ring (bicyclic) bond motifs is 1. The van der Waals surface area contributed by atoms with Crippen LogP contribution in [0.1, 0.15) is 15.3 Å². The Balaban J connectivity index is 1.86. The van der Waals surface area contributed by atoms with Gasteiger partial charge in [-0.25, -0.2) is 0 Å². The average molecular weight is 283 g/mol. The summed E-state index contributed by atoms with van der Waals surface area (Å²) in [6, 6.07) is 8.25. The van der Waals surface area contributed by atoms with Crippen molar-refractivity contribution in [3.05, 3.63) is 52.0 Å². The second-order valence-corrected chi connectivity index (χ2v) is 6.27. The van der Waals surface area contributed by atoms with Crippen molar-refractivity contribution in [2.24, 2.45) is 0 Å². The lowest BCUT2D eigenvalue weighted by atomic mass is 10.1. The van der Waals surface area contributed by atoms with Crippen molar-refractivity contribution in [1.82, 2.24) is 4.98 Å². The van der Waals surface area contributed by atoms with Gasteiger partial charge < -0.3 is 11.1 Å². The molecule has 2 aromatic heterocycles. The highest BCUT2D eigenvalue weighted by Gasteiger charge is 2.06. The van der Waals surface area contributed by atoms with Crippen LogP contribution in [-0.2, 0) is 6.54 Å². The largest absolute Gasteiger partial charge is 0.397 e. The minimum absolute atomic E-state index is 0.787. The second kappa shape index (κ2) is 5.13. The maximum atomic E-state index is 6.23. The van der Waals surface area contributed by atoms with Gasteiger partial charge in [-0.05, 0) is 37.6 Å². The van der Waals surface area contributed by atoms with Crippen LogP contribution in [0.4, 0.5) is 11.4 Å². The average Bonchev–Trinajstić information content (AvgIpc) is 2.77. The number of pyridine rings is 1. The molecule has 102 valence electrons. The molecule has 1 aromatic carbocycles. The van der Waals surface area contributed by atoms with E-state index in [4.69, 9.17) is 5.73 Å². The Morgan fingerprint density at radius 1 is 1.25 bits per heavy atom. The lowest BCUT2D eigenvalue weighted by Gasteiger charge is -2.10. The van der Waals surface area contributed by atoms with Crippen molar-refractivity contribution in [2.45, 2.75) is 20.4 Å². The number of nitrogens with zero attached hydrogens (tertiary/aromatic N) is 1. The van der Waals surface area contributed by atoms with Crippen LogP contribution in [0, 0.1) is 13.8 Å². The molecule has 0 aliphatic rings. The van der Waals surface area contributed by atoms with Gasteiger partial charge in [-0.1, -0.05) is 6.07 Å². The van der Waals surface area contributed by atoms with Gasteiger partial charge in [0.1, 0.15) is 0 Å². The van der Waals surface area contributed by atoms with Gasteiger partial charge in [-0.3, -0.25) is 4.98 Å². The molecule has 3 aromatic rings. The van der Waals surface area contributed by atoms with Crippen molar-refractivity contribution >= 4 is 33.5 Å². The van der Waals surface area contributed by atoms with E-state index in [0.29, 0.717) is 0 Å². The molecule has 2 heterocycles. The molecule has 3 rings (SSSR count). The van der Waals surface area contributed by atoms with Crippen LogP contribution in [0.25, 0.3) is 10.8 Å². The van der Waals surface area contributed by atoms with Crippen LogP contribution in [-0.4, -0.2) is 4.98 Å². The Labute approximate surface area is 122 Å². The highest BCUT2D eigenvalue weighted by atomic mass is 32.1. The number of nitrogens with one attached hydrogen (secondary N) is 1. The maximum Gasteiger partial charge on any atom is 0.0630 e. The third-order valence-corrected chi connectivity index (χ3v) is 4.68. The van der Waals surface area contributed by atoms with E-state index in [-0.39, 0.29) is 0 Å². The first-order valence-corrected chi connectivity index (χ1v) is 7.39. The first-order chi connectivity index (χ1) is 9.65. The zero-order chi connectivity index (χ0) is 14.1. The molecule has 3 nitrogen and oxygen atoms in total. The van der Waals surface area contributed by atoms with Gasteiger partial charge in [0.25, 0.3) is 0 Å². The molecule has 0 aliphatic carbocycles. The van der Waals surface area contributed by atoms with Crippen LogP contribution in [0.2, 0.25) is 0 Å². The molecule has 0 saturated carbocycles. The summed E-state index contributed by atoms with van der Waals surface area (Å²) in [5, 5.41) is 5.54. The number of anilines is 2. The molecular weight excluding hydrogens is 266 g/mol. The van der Waals surface area contributed by atoms with E-state index < -0.39 is 0 Å². The molecular formula is C16H17N3S. The first kappa shape index (κ1) is 12.9. The zero-order valence-corrected chi connectivity index (χ0v) is 12.4. The summed E-state index contributed by atoms with van der Waals surface area (Å²) in [7, 11) is 0. The standard InChI is InChI=1S/C16H17N3S/c1-10-7-13(20-11(10)2)9-19-15-4-3-12-8-18-6-5-14(12)16(15)17/h3-8,19H,9,17H2,1-2H3. The number of benzene rings is 1. The summed E-state index contributed by atoms with van der Waals surface area (Å²) in [6.07, 6.45) is 3.61. The summed E-state index contributed by atoms with van der Waals surface area (Å²) >= 11 is 1.83. The summed E-state index contributed by atoms with van der Waals surface area (Å²) < 4.78 is 0. The molecule has 0 amide bonds. The Hall–Kier alpha value is -2.07. The van der Waals surface area contributed by atoms with Gasteiger partial charge in [0.15, 0.2) is 0 Å². The van der Waals surface area contributed by atoms with Gasteiger partial charge >= 0.3 is 0 Å². The lowest BCUT2D eigenvalue weighted by Crippen LogP contribution is -2.01. The number of hydrogen-bond donors (Lipinski definition) is 2. The SMILES string of the molecule is Cc1cc(CNc2ccc3cnccc3c2N)sc1C. The van der Waals surface area contributed by atoms with Crippen LogP contribution in [0.15, 0.2) is 36.7 Å². The van der Waals surface area contributed by atoms with E-state index in [9.17, 15) is 0 Å². The van der Waals surface area contributed by atoms with E-state index in [0.717, 1.165) is 28.7 Å². The monoisotopic (exact) mass is 283 g/mol. The van der Waals surface area contributed by atoms with Gasteiger partial charge in [0.2, 0.25) is 0 Å². The van der Waals surface area contributed by atoms with Crippen molar-refractivity contribution in [2.75, 3.05) is 11.1 Å². The van der Waals surface area contributed by atoms with E-state index in [1.54, 1.807) is 6.20 Å². The smallest absolute Gasteiger partial charge is 0.0630 e. The summed E-state index contributed by atoms with van der Waals surface area (Å²) in [4.78, 5) is 6.82. The molecule has 4 heteroatoms. The number of hydrogen-bond acceptors (Lipinski definition) is 4. The van der Waals surface area contributed by atoms with E-state index in [2.05, 4.69) is 30.2 Å². The Morgan fingerprint density at radius 2 is 2.10 bits per heavy atom. The Morgan fingerprint density at radius 3 is 2.85 bits per heavy atom. The summed E-state index contributed by atoms with van der Waals surface area (Å²) in [5.41, 5.74) is 9.35. The molecule has 0 fully saturated rings. The van der Waals surface area contributed by atoms with Crippen molar-refractivity contribution in [3.8, 4) is 0 Å². The number of thiophene rings is 1. The van der Waals surface area contributed by atoms with Crippen molar-refractivity contribution < 1.29 is 0 Å². The minimum Gasteiger partial charge on any atom is -0.397 e. The van der Waals surface area contributed by atoms with Crippen molar-refractivity contribution in [3.63, 3.8) is 0 Å². The normalized spacial score (nSPS) is 10.9. The summed E-state index contributed by atoms with van der Waals surface area (Å²) in [6.45, 7) is 5.10. The predicted molar refractivity (Wildman–Crippen MR) is 87.3 cm³/mol. The molecule has 0 atom stereocenters. The fourth-order valence-electron chi connectivity index (χ4n) is 2.27. The van der Waals surface area contributed by atoms with E-state index in [1.807, 2.05) is 35.7 Å². The Bertz CT molecular complexity index is 742. The van der Waals surface area contributed by atoms with Crippen LogP contribution < -0.4 is 11.1 Å².